The van der Waals surface area contributed by atoms with E-state index in [2.05, 4.69) is 179 Å². The zero-order chi connectivity index (χ0) is 80.8. The highest BCUT2D eigenvalue weighted by molar-refractivity contribution is 7.47. The van der Waals surface area contributed by atoms with E-state index in [1.807, 2.05) is 0 Å². The maximum absolute atomic E-state index is 13.0. The quantitative estimate of drug-likeness (QED) is 0.0146. The first kappa shape index (κ1) is 106. The third kappa shape index (κ3) is 85.9. The number of aliphatic hydroxyl groups excluding tert-OH is 2. The molecule has 0 fully saturated rings. The molecule has 0 aliphatic rings. The zero-order valence-electron chi connectivity index (χ0n) is 69.8. The Hall–Kier alpha value is -4.83. The molecule has 0 saturated carbocycles. The number of carbonyl (C=O) groups excluding carboxylic acids is 3. The Labute approximate surface area is 676 Å². The van der Waals surface area contributed by atoms with Crippen molar-refractivity contribution in [1.29, 1.82) is 0 Å². The monoisotopic (exact) mass is 1590 g/mol. The second kappa shape index (κ2) is 84.6. The Balaban J connectivity index is 4.46. The second-order valence-electron chi connectivity index (χ2n) is 28.9. The maximum atomic E-state index is 13.0. The smallest absolute Gasteiger partial charge is 0.463 e. The van der Waals surface area contributed by atoms with Crippen molar-refractivity contribution in [1.82, 2.24) is 0 Å². The number of phosphoric acid groups is 2. The topological polar surface area (TPSA) is 231 Å². The van der Waals surface area contributed by atoms with Gasteiger partial charge in [-0.15, -0.1) is 0 Å². The molecular formula is C93H158O16P2. The highest BCUT2D eigenvalue weighted by atomic mass is 31.2. The highest BCUT2D eigenvalue weighted by Crippen LogP contribution is 2.45. The summed E-state index contributed by atoms with van der Waals surface area (Å²) >= 11 is 0. The van der Waals surface area contributed by atoms with Gasteiger partial charge in [0.25, 0.3) is 0 Å². The molecule has 0 saturated heterocycles. The van der Waals surface area contributed by atoms with Crippen molar-refractivity contribution in [3.8, 4) is 0 Å². The molecule has 636 valence electrons. The summed E-state index contributed by atoms with van der Waals surface area (Å²) in [5.41, 5.74) is 0. The molecular weight excluding hydrogens is 1430 g/mol. The van der Waals surface area contributed by atoms with Gasteiger partial charge in [-0.2, -0.15) is 0 Å². The fourth-order valence-corrected chi connectivity index (χ4v) is 13.2. The number of carbonyl (C=O) groups is 3. The first-order valence-electron chi connectivity index (χ1n) is 43.8. The molecule has 5 unspecified atom stereocenters. The molecule has 0 aromatic rings. The molecule has 0 amide bonds. The number of ether oxygens (including phenoxy) is 3. The molecule has 0 aromatic heterocycles. The van der Waals surface area contributed by atoms with Gasteiger partial charge in [0.15, 0.2) is 6.10 Å². The number of phosphoric ester groups is 2. The minimum absolute atomic E-state index is 0.0922. The lowest BCUT2D eigenvalue weighted by molar-refractivity contribution is -0.161. The van der Waals surface area contributed by atoms with Gasteiger partial charge in [-0.05, 0) is 148 Å². The van der Waals surface area contributed by atoms with Crippen molar-refractivity contribution < 1.29 is 75.8 Å². The van der Waals surface area contributed by atoms with Crippen LogP contribution in [0.4, 0.5) is 0 Å². The number of esters is 3. The lowest BCUT2D eigenvalue weighted by Gasteiger charge is -2.21. The summed E-state index contributed by atoms with van der Waals surface area (Å²) in [6.07, 6.45) is 107. The number of aliphatic hydroxyl groups is 2. The van der Waals surface area contributed by atoms with Gasteiger partial charge in [0.2, 0.25) is 0 Å². The third-order valence-electron chi connectivity index (χ3n) is 18.2. The summed E-state index contributed by atoms with van der Waals surface area (Å²) in [5, 5.41) is 20.7. The van der Waals surface area contributed by atoms with E-state index in [4.69, 9.17) is 32.3 Å². The van der Waals surface area contributed by atoms with Crippen LogP contribution in [0.1, 0.15) is 355 Å². The van der Waals surface area contributed by atoms with Gasteiger partial charge < -0.3 is 34.2 Å². The van der Waals surface area contributed by atoms with Crippen molar-refractivity contribution in [2.45, 2.75) is 373 Å². The molecule has 0 aromatic carbocycles. The van der Waals surface area contributed by atoms with E-state index in [0.29, 0.717) is 19.3 Å². The van der Waals surface area contributed by atoms with E-state index >= 15 is 0 Å². The van der Waals surface area contributed by atoms with Gasteiger partial charge in [0.05, 0.1) is 26.4 Å². The normalized spacial score (nSPS) is 14.6. The zero-order valence-corrected chi connectivity index (χ0v) is 71.6. The van der Waals surface area contributed by atoms with Crippen LogP contribution in [-0.4, -0.2) is 95.9 Å². The van der Waals surface area contributed by atoms with Crippen LogP contribution >= 0.6 is 15.6 Å². The van der Waals surface area contributed by atoms with E-state index < -0.39 is 91.5 Å². The van der Waals surface area contributed by atoms with Gasteiger partial charge >= 0.3 is 33.6 Å². The van der Waals surface area contributed by atoms with E-state index in [9.17, 15) is 43.5 Å². The van der Waals surface area contributed by atoms with Gasteiger partial charge in [0, 0.05) is 19.3 Å². The van der Waals surface area contributed by atoms with E-state index in [0.717, 1.165) is 173 Å². The molecule has 5 atom stereocenters. The average molecular weight is 1590 g/mol. The van der Waals surface area contributed by atoms with Crippen LogP contribution in [0.5, 0.6) is 0 Å². The minimum Gasteiger partial charge on any atom is -0.463 e. The lowest BCUT2D eigenvalue weighted by atomic mass is 10.0. The number of hydrogen-bond donors (Lipinski definition) is 4. The average Bonchev–Trinajstić information content (AvgIpc) is 0.928. The standard InChI is InChI=1S/C93H158O16P2/c1-4-7-10-13-16-19-22-25-27-29-31-33-35-37-39-41-43-45-47-49-51-53-55-57-59-62-64-67-70-73-76-79-91(96)103-82-88(94)83-105-110(99,100)106-84-89(95)85-107-111(101,102)108-87-90(109-93(98)81-78-75-72-69-66-61-24-21-18-15-12-9-6-3)86-104-92(97)80-77-74-71-68-65-63-60-58-56-54-52-50-48-46-44-42-40-38-36-34-32-30-28-26-23-20-17-14-11-8-5-2/h7-8,10-11,16-17,19-21,24-28,31-34,37-40,43-46,88-90,94-95H,4-6,9,12-15,18,22-23,29-30,35-36,41-42,47-87H2,1-3H3,(H,99,100)(H,101,102)/b10-7-,11-8-,19-16-,20-17-,24-21-,27-25-,28-26-,33-31-,34-32-,39-37-,40-38-,45-43-,46-44-. The van der Waals surface area contributed by atoms with Crippen LogP contribution in [-0.2, 0) is 55.8 Å². The fraction of sp³-hybridized carbons (Fsp3) is 0.688. The van der Waals surface area contributed by atoms with Crippen molar-refractivity contribution in [2.75, 3.05) is 39.6 Å². The molecule has 0 radical (unpaired) electrons. The number of allylic oxidation sites excluding steroid dienone is 26. The lowest BCUT2D eigenvalue weighted by Crippen LogP contribution is -2.30. The van der Waals surface area contributed by atoms with Crippen molar-refractivity contribution in [2.24, 2.45) is 0 Å². The molecule has 18 heteroatoms. The molecule has 111 heavy (non-hydrogen) atoms. The Morgan fingerprint density at radius 3 is 0.766 bits per heavy atom. The summed E-state index contributed by atoms with van der Waals surface area (Å²) in [6, 6.07) is 0. The Bertz CT molecular complexity index is 2650. The predicted molar refractivity (Wildman–Crippen MR) is 463 cm³/mol. The summed E-state index contributed by atoms with van der Waals surface area (Å²) < 4.78 is 61.3. The van der Waals surface area contributed by atoms with Crippen LogP contribution in [0.3, 0.4) is 0 Å². The maximum Gasteiger partial charge on any atom is 0.472 e. The van der Waals surface area contributed by atoms with Gasteiger partial charge in [-0.25, -0.2) is 9.13 Å². The van der Waals surface area contributed by atoms with Crippen molar-refractivity contribution >= 4 is 33.6 Å². The first-order valence-corrected chi connectivity index (χ1v) is 46.8. The minimum atomic E-state index is -4.94. The Morgan fingerprint density at radius 1 is 0.261 bits per heavy atom. The third-order valence-corrected chi connectivity index (χ3v) is 20.1. The van der Waals surface area contributed by atoms with Crippen LogP contribution in [0.15, 0.2) is 158 Å². The molecule has 4 N–H and O–H groups in total. The highest BCUT2D eigenvalue weighted by Gasteiger charge is 2.29. The molecule has 0 heterocycles. The van der Waals surface area contributed by atoms with Gasteiger partial charge in [-0.3, -0.25) is 32.5 Å². The fourth-order valence-electron chi connectivity index (χ4n) is 11.6. The SMILES string of the molecule is CC/C=C\C/C=C\C/C=C\C/C=C\C/C=C\C/C=C\CCCCCCCCCCCCCCC(=O)OCC(O)COP(=O)(O)OCC(O)COP(=O)(O)OCC(COC(=O)CCCCCCCCCCCCCC/C=C\C/C=C\C/C=C\C/C=C\C/C=C\C/C=C\CC)OC(=O)CCCCCCC/C=C\CCCCCC. The number of unbranched alkanes of at least 4 members (excludes halogenated alkanes) is 33. The molecule has 0 aliphatic carbocycles. The summed E-state index contributed by atoms with van der Waals surface area (Å²) in [5.74, 6) is -1.58. The largest absolute Gasteiger partial charge is 0.472 e. The van der Waals surface area contributed by atoms with E-state index in [-0.39, 0.29) is 19.3 Å². The van der Waals surface area contributed by atoms with Crippen LogP contribution in [0.25, 0.3) is 0 Å². The van der Waals surface area contributed by atoms with Crippen molar-refractivity contribution in [3.63, 3.8) is 0 Å². The Kier molecular flexibility index (Phi) is 80.9. The second-order valence-corrected chi connectivity index (χ2v) is 31.8. The number of hydrogen-bond acceptors (Lipinski definition) is 14. The van der Waals surface area contributed by atoms with Crippen molar-refractivity contribution in [3.05, 3.63) is 158 Å². The number of rotatable bonds is 82. The van der Waals surface area contributed by atoms with E-state index in [1.165, 1.54) is 122 Å². The molecule has 0 bridgehead atoms. The first-order chi connectivity index (χ1) is 54.2. The van der Waals surface area contributed by atoms with Crippen LogP contribution in [0, 0.1) is 0 Å². The summed E-state index contributed by atoms with van der Waals surface area (Å²) in [4.78, 5) is 58.8. The molecule has 0 spiro atoms. The summed E-state index contributed by atoms with van der Waals surface area (Å²) in [7, 11) is -9.80. The van der Waals surface area contributed by atoms with Gasteiger partial charge in [-0.1, -0.05) is 346 Å². The molecule has 0 rings (SSSR count). The Morgan fingerprint density at radius 2 is 0.477 bits per heavy atom. The predicted octanol–water partition coefficient (Wildman–Crippen LogP) is 26.5. The molecule has 0 aliphatic heterocycles. The van der Waals surface area contributed by atoms with E-state index in [1.54, 1.807) is 0 Å². The molecule has 16 nitrogen and oxygen atoms in total. The van der Waals surface area contributed by atoms with Crippen LogP contribution in [0.2, 0.25) is 0 Å². The van der Waals surface area contributed by atoms with Gasteiger partial charge in [0.1, 0.15) is 25.4 Å². The van der Waals surface area contributed by atoms with Crippen LogP contribution < -0.4 is 0 Å². The summed E-state index contributed by atoms with van der Waals surface area (Å²) in [6.45, 7) is 2.45.